The Kier molecular flexibility index (Phi) is 6.15. The zero-order valence-corrected chi connectivity index (χ0v) is 19.8. The number of amides is 1. The van der Waals surface area contributed by atoms with Crippen molar-refractivity contribution in [2.45, 2.75) is 38.0 Å². The van der Waals surface area contributed by atoms with Crippen molar-refractivity contribution >= 4 is 34.2 Å². The van der Waals surface area contributed by atoms with Crippen LogP contribution >= 0.6 is 11.8 Å². The van der Waals surface area contributed by atoms with Gasteiger partial charge < -0.3 is 14.4 Å². The average molecular weight is 453 g/mol. The lowest BCUT2D eigenvalue weighted by Crippen LogP contribution is -2.52. The van der Waals surface area contributed by atoms with E-state index in [1.807, 2.05) is 45.0 Å². The Morgan fingerprint density at radius 1 is 1.22 bits per heavy atom. The van der Waals surface area contributed by atoms with Gasteiger partial charge in [-0.25, -0.2) is 5.43 Å². The number of thioether (sulfide) groups is 1. The number of para-hydroxylation sites is 1. The molecule has 1 atom stereocenters. The fourth-order valence-corrected chi connectivity index (χ4v) is 5.16. The zero-order valence-electron chi connectivity index (χ0n) is 19.0. The number of nitrogens with zero attached hydrogens (tertiary/aromatic N) is 3. The summed E-state index contributed by atoms with van der Waals surface area (Å²) >= 11 is 1.27. The van der Waals surface area contributed by atoms with Crippen LogP contribution in [0.1, 0.15) is 31.9 Å². The first kappa shape index (κ1) is 22.2. The number of nitrogens with one attached hydrogen (secondary N) is 1. The SMILES string of the molecule is CCN=C(c1ccc(OC)c(OC)c1)N1c2ccccc2CC1C1=NNC(=O)SC1(C)C. The first-order chi connectivity index (χ1) is 15.4. The minimum atomic E-state index is -0.442. The Labute approximate surface area is 192 Å². The molecule has 2 aromatic carbocycles. The Bertz CT molecular complexity index is 1100. The Hall–Kier alpha value is -3.00. The van der Waals surface area contributed by atoms with Gasteiger partial charge in [0.15, 0.2) is 11.5 Å². The third-order valence-electron chi connectivity index (χ3n) is 5.70. The molecule has 2 aromatic rings. The summed E-state index contributed by atoms with van der Waals surface area (Å²) in [5.74, 6) is 2.15. The normalized spacial score (nSPS) is 19.8. The lowest BCUT2D eigenvalue weighted by atomic mass is 9.96. The first-order valence-corrected chi connectivity index (χ1v) is 11.4. The summed E-state index contributed by atoms with van der Waals surface area (Å²) in [5.41, 5.74) is 6.83. The van der Waals surface area contributed by atoms with Gasteiger partial charge in [-0.2, -0.15) is 5.10 Å². The highest BCUT2D eigenvalue weighted by molar-refractivity contribution is 8.15. The van der Waals surface area contributed by atoms with Crippen LogP contribution in [0.4, 0.5) is 10.5 Å². The van der Waals surface area contributed by atoms with E-state index in [-0.39, 0.29) is 11.3 Å². The van der Waals surface area contributed by atoms with Crippen molar-refractivity contribution in [2.75, 3.05) is 25.7 Å². The molecule has 7 nitrogen and oxygen atoms in total. The number of aliphatic imine (C=N–C) groups is 1. The van der Waals surface area contributed by atoms with Gasteiger partial charge in [0.25, 0.3) is 5.24 Å². The molecule has 1 N–H and O–H groups in total. The van der Waals surface area contributed by atoms with Gasteiger partial charge in [0.05, 0.1) is 30.7 Å². The van der Waals surface area contributed by atoms with E-state index in [1.54, 1.807) is 14.2 Å². The van der Waals surface area contributed by atoms with E-state index < -0.39 is 4.75 Å². The highest BCUT2D eigenvalue weighted by atomic mass is 32.2. The predicted octanol–water partition coefficient (Wildman–Crippen LogP) is 4.49. The number of rotatable bonds is 5. The highest BCUT2D eigenvalue weighted by Gasteiger charge is 2.44. The monoisotopic (exact) mass is 452 g/mol. The van der Waals surface area contributed by atoms with Crippen molar-refractivity contribution in [3.05, 3.63) is 53.6 Å². The van der Waals surface area contributed by atoms with Gasteiger partial charge in [-0.15, -0.1) is 0 Å². The molecule has 4 rings (SSSR count). The lowest BCUT2D eigenvalue weighted by molar-refractivity contribution is 0.260. The van der Waals surface area contributed by atoms with E-state index in [0.29, 0.717) is 18.0 Å². The molecule has 2 aliphatic heterocycles. The van der Waals surface area contributed by atoms with Crippen LogP contribution in [0.2, 0.25) is 0 Å². The standard InChI is InChI=1S/C24H28N4O3S/c1-6-25-22(16-11-12-19(30-4)20(14-16)31-5)28-17-10-8-7-9-15(17)13-18(28)21-24(2,3)32-23(29)27-26-21/h7-12,14,18H,6,13H2,1-5H3,(H,27,29). The van der Waals surface area contributed by atoms with Crippen LogP contribution in [0.5, 0.6) is 11.5 Å². The van der Waals surface area contributed by atoms with E-state index in [2.05, 4.69) is 33.6 Å². The zero-order chi connectivity index (χ0) is 22.9. The van der Waals surface area contributed by atoms with Crippen LogP contribution in [0.25, 0.3) is 0 Å². The summed E-state index contributed by atoms with van der Waals surface area (Å²) < 4.78 is 10.5. The quantitative estimate of drug-likeness (QED) is 0.534. The molecule has 0 spiro atoms. The number of fused-ring (bicyclic) bond motifs is 1. The molecule has 2 heterocycles. The molecule has 8 heteroatoms. The van der Waals surface area contributed by atoms with Crippen molar-refractivity contribution in [1.82, 2.24) is 5.43 Å². The number of hydrazone groups is 1. The van der Waals surface area contributed by atoms with Gasteiger partial charge in [0.2, 0.25) is 0 Å². The molecule has 1 amide bonds. The third-order valence-corrected chi connectivity index (χ3v) is 6.70. The maximum atomic E-state index is 12.0. The van der Waals surface area contributed by atoms with Crippen molar-refractivity contribution in [2.24, 2.45) is 10.1 Å². The van der Waals surface area contributed by atoms with Crippen LogP contribution in [0.15, 0.2) is 52.6 Å². The second-order valence-corrected chi connectivity index (χ2v) is 9.69. The summed E-state index contributed by atoms with van der Waals surface area (Å²) in [4.78, 5) is 19.2. The molecule has 2 aliphatic rings. The number of ether oxygens (including phenoxy) is 2. The Morgan fingerprint density at radius 2 is 1.97 bits per heavy atom. The van der Waals surface area contributed by atoms with Gasteiger partial charge in [-0.05, 0) is 50.6 Å². The summed E-state index contributed by atoms with van der Waals surface area (Å²) in [7, 11) is 3.26. The van der Waals surface area contributed by atoms with Crippen LogP contribution < -0.4 is 19.8 Å². The molecular formula is C24H28N4O3S. The number of benzene rings is 2. The molecule has 1 unspecified atom stereocenters. The number of carbonyl (C=O) groups excluding carboxylic acids is 1. The van der Waals surface area contributed by atoms with Gasteiger partial charge in [-0.1, -0.05) is 30.0 Å². The lowest BCUT2D eigenvalue weighted by Gasteiger charge is -2.37. The summed E-state index contributed by atoms with van der Waals surface area (Å²) in [6.07, 6.45) is 0.783. The second-order valence-electron chi connectivity index (χ2n) is 8.10. The first-order valence-electron chi connectivity index (χ1n) is 10.6. The van der Waals surface area contributed by atoms with Crippen molar-refractivity contribution in [3.63, 3.8) is 0 Å². The molecular weight excluding hydrogens is 424 g/mol. The van der Waals surface area contributed by atoms with Crippen molar-refractivity contribution < 1.29 is 14.3 Å². The van der Waals surface area contributed by atoms with E-state index >= 15 is 0 Å². The topological polar surface area (TPSA) is 75.5 Å². The van der Waals surface area contributed by atoms with Crippen LogP contribution in [0, 0.1) is 0 Å². The summed E-state index contributed by atoms with van der Waals surface area (Å²) in [6.45, 7) is 6.74. The van der Waals surface area contributed by atoms with Crippen LogP contribution in [-0.4, -0.2) is 48.3 Å². The van der Waals surface area contributed by atoms with E-state index in [0.717, 1.165) is 29.2 Å². The number of hydrogen-bond donors (Lipinski definition) is 1. The van der Waals surface area contributed by atoms with Gasteiger partial charge in [-0.3, -0.25) is 9.79 Å². The number of carbonyl (C=O) groups is 1. The number of hydrogen-bond acceptors (Lipinski definition) is 6. The molecule has 0 saturated carbocycles. The van der Waals surface area contributed by atoms with Crippen LogP contribution in [-0.2, 0) is 6.42 Å². The third kappa shape index (κ3) is 3.95. The Balaban J connectivity index is 1.86. The fraction of sp³-hybridized carbons (Fsp3) is 0.375. The highest BCUT2D eigenvalue weighted by Crippen LogP contribution is 2.40. The predicted molar refractivity (Wildman–Crippen MR) is 131 cm³/mol. The smallest absolute Gasteiger partial charge is 0.300 e. The second kappa shape index (κ2) is 8.86. The van der Waals surface area contributed by atoms with Crippen LogP contribution in [0.3, 0.4) is 0 Å². The maximum absolute atomic E-state index is 12.0. The molecule has 32 heavy (non-hydrogen) atoms. The average Bonchev–Trinajstić information content (AvgIpc) is 3.15. The number of amidine groups is 1. The minimum Gasteiger partial charge on any atom is -0.493 e. The molecule has 0 aliphatic carbocycles. The minimum absolute atomic E-state index is 0.0751. The van der Waals surface area contributed by atoms with E-state index in [1.165, 1.54) is 17.3 Å². The number of methoxy groups -OCH3 is 2. The number of anilines is 1. The largest absolute Gasteiger partial charge is 0.493 e. The molecule has 168 valence electrons. The van der Waals surface area contributed by atoms with Gasteiger partial charge >= 0.3 is 0 Å². The van der Waals surface area contributed by atoms with Crippen molar-refractivity contribution in [1.29, 1.82) is 0 Å². The van der Waals surface area contributed by atoms with E-state index in [4.69, 9.17) is 14.5 Å². The van der Waals surface area contributed by atoms with Crippen molar-refractivity contribution in [3.8, 4) is 11.5 Å². The summed E-state index contributed by atoms with van der Waals surface area (Å²) in [5, 5.41) is 4.39. The molecule has 0 bridgehead atoms. The molecule has 0 saturated heterocycles. The molecule has 0 fully saturated rings. The maximum Gasteiger partial charge on any atom is 0.300 e. The molecule has 0 aromatic heterocycles. The summed E-state index contributed by atoms with van der Waals surface area (Å²) in [6, 6.07) is 14.1. The Morgan fingerprint density at radius 3 is 2.66 bits per heavy atom. The van der Waals surface area contributed by atoms with Gasteiger partial charge in [0, 0.05) is 24.2 Å². The fourth-order valence-electron chi connectivity index (χ4n) is 4.32. The molecule has 0 radical (unpaired) electrons. The van der Waals surface area contributed by atoms with Gasteiger partial charge in [0.1, 0.15) is 5.84 Å². The van der Waals surface area contributed by atoms with E-state index in [9.17, 15) is 4.79 Å².